The summed E-state index contributed by atoms with van der Waals surface area (Å²) >= 11 is 3.00. The highest BCUT2D eigenvalue weighted by atomic mass is 32.2. The van der Waals surface area contributed by atoms with Crippen LogP contribution < -0.4 is 30.2 Å². The fourth-order valence-corrected chi connectivity index (χ4v) is 12.1. The van der Waals surface area contributed by atoms with E-state index in [4.69, 9.17) is 40.1 Å². The standard InChI is InChI=1S/2C27H31N5O2S/c1-33-20-13-14-22(34-2)23(15-20)35-27-30-24-25(28)29-17-32(26(24)31-27)16-21(18-9-5-3-6-10-18)19-11-7-4-8-12-19;1-33-20-13-14-22(34-2)23(15-20)35-27-31-24-25(28)29-17-30-26(24)32(27)16-21(18-9-5-3-6-10-18)19-11-7-4-8-12-19/h3,5-6,9-10,13-15,17,19,21,28H,4,7-8,11-12,16H2,1-2H3,(H,30,31);3,5-6,9-10,13-15,17,19,21H,4,7-8,11-12,16H2,1-2H3,(H2,28,29,30). The third kappa shape index (κ3) is 11.1. The predicted octanol–water partition coefficient (Wildman–Crippen LogP) is 11.7. The summed E-state index contributed by atoms with van der Waals surface area (Å²) < 4.78 is 26.3. The number of benzene rings is 4. The second-order valence-corrected chi connectivity index (χ2v) is 20.0. The maximum absolute atomic E-state index is 8.39. The molecule has 2 aliphatic rings. The van der Waals surface area contributed by atoms with Crippen LogP contribution in [0.4, 0.5) is 5.82 Å². The van der Waals surface area contributed by atoms with Crippen molar-refractivity contribution in [1.82, 2.24) is 39.0 Å². The van der Waals surface area contributed by atoms with E-state index in [1.54, 1.807) is 34.8 Å². The van der Waals surface area contributed by atoms with Gasteiger partial charge in [-0.2, -0.15) is 0 Å². The Morgan fingerprint density at radius 3 is 1.76 bits per heavy atom. The molecule has 2 unspecified atom stereocenters. The minimum atomic E-state index is 0.196. The van der Waals surface area contributed by atoms with Crippen LogP contribution >= 0.6 is 23.5 Å². The summed E-state index contributed by atoms with van der Waals surface area (Å²) in [5.74, 6) is 5.41. The zero-order chi connectivity index (χ0) is 48.4. The number of aromatic nitrogens is 8. The molecule has 0 spiro atoms. The fourth-order valence-electron chi connectivity index (χ4n) is 10.2. The zero-order valence-electron chi connectivity index (χ0n) is 40.3. The first-order valence-electron chi connectivity index (χ1n) is 24.2. The van der Waals surface area contributed by atoms with Crippen molar-refractivity contribution in [3.63, 3.8) is 0 Å². The van der Waals surface area contributed by atoms with Crippen molar-refractivity contribution in [1.29, 1.82) is 5.41 Å². The molecule has 14 nitrogen and oxygen atoms in total. The quantitative estimate of drug-likeness (QED) is 0.0836. The highest BCUT2D eigenvalue weighted by Gasteiger charge is 2.29. The maximum atomic E-state index is 8.39. The summed E-state index contributed by atoms with van der Waals surface area (Å²) in [5, 5.41) is 9.89. The first-order chi connectivity index (χ1) is 34.3. The van der Waals surface area contributed by atoms with Crippen molar-refractivity contribution >= 4 is 51.7 Å². The maximum Gasteiger partial charge on any atom is 0.175 e. The number of imidazole rings is 2. The number of nitrogens with two attached hydrogens (primary N) is 1. The number of aromatic amines is 1. The Morgan fingerprint density at radius 2 is 1.20 bits per heavy atom. The molecule has 0 aliphatic heterocycles. The zero-order valence-corrected chi connectivity index (χ0v) is 42.0. The number of anilines is 1. The summed E-state index contributed by atoms with van der Waals surface area (Å²) in [6.07, 6.45) is 16.1. The average molecular weight is 979 g/mol. The van der Waals surface area contributed by atoms with Crippen LogP contribution in [0.3, 0.4) is 0 Å². The Balaban J connectivity index is 0.000000174. The van der Waals surface area contributed by atoms with E-state index in [0.29, 0.717) is 45.7 Å². The van der Waals surface area contributed by atoms with Crippen molar-refractivity contribution in [2.45, 2.75) is 109 Å². The molecule has 2 aliphatic carbocycles. The molecule has 4 aromatic carbocycles. The van der Waals surface area contributed by atoms with Gasteiger partial charge < -0.3 is 38.8 Å². The van der Waals surface area contributed by atoms with Crippen LogP contribution in [0.2, 0.25) is 0 Å². The predicted molar refractivity (Wildman–Crippen MR) is 276 cm³/mol. The summed E-state index contributed by atoms with van der Waals surface area (Å²) in [4.78, 5) is 28.1. The molecule has 16 heteroatoms. The number of nitrogen functional groups attached to an aromatic ring is 1. The number of hydrogen-bond acceptors (Lipinski definition) is 13. The van der Waals surface area contributed by atoms with Gasteiger partial charge in [-0.25, -0.2) is 24.9 Å². The van der Waals surface area contributed by atoms with E-state index in [1.807, 2.05) is 36.4 Å². The lowest BCUT2D eigenvalue weighted by Gasteiger charge is -2.31. The van der Waals surface area contributed by atoms with E-state index >= 15 is 0 Å². The molecule has 364 valence electrons. The number of fused-ring (bicyclic) bond motifs is 2. The van der Waals surface area contributed by atoms with Crippen LogP contribution in [-0.2, 0) is 13.1 Å². The molecule has 2 saturated carbocycles. The lowest BCUT2D eigenvalue weighted by Crippen LogP contribution is -2.23. The first-order valence-corrected chi connectivity index (χ1v) is 25.8. The molecule has 4 heterocycles. The third-order valence-electron chi connectivity index (χ3n) is 13.8. The van der Waals surface area contributed by atoms with Crippen molar-refractivity contribution in [2.75, 3.05) is 34.2 Å². The number of rotatable bonds is 16. The normalized spacial score (nSPS) is 15.3. The van der Waals surface area contributed by atoms with Gasteiger partial charge in [-0.05, 0) is 109 Å². The molecular weight excluding hydrogens is 917 g/mol. The number of H-pyrrole nitrogens is 1. The van der Waals surface area contributed by atoms with Crippen LogP contribution in [0.15, 0.2) is 130 Å². The summed E-state index contributed by atoms with van der Waals surface area (Å²) in [6.45, 7) is 1.56. The Labute approximate surface area is 417 Å². The number of hydrogen-bond donors (Lipinski definition) is 3. The monoisotopic (exact) mass is 978 g/mol. The molecule has 0 bridgehead atoms. The molecule has 2 fully saturated rings. The van der Waals surface area contributed by atoms with Crippen LogP contribution in [0.5, 0.6) is 23.0 Å². The summed E-state index contributed by atoms with van der Waals surface area (Å²) in [7, 11) is 6.64. The Hall–Kier alpha value is -6.52. The molecule has 70 heavy (non-hydrogen) atoms. The van der Waals surface area contributed by atoms with Gasteiger partial charge in [-0.15, -0.1) is 0 Å². The van der Waals surface area contributed by atoms with Crippen molar-refractivity contribution in [3.05, 3.63) is 126 Å². The molecule has 0 saturated heterocycles. The van der Waals surface area contributed by atoms with Gasteiger partial charge >= 0.3 is 0 Å². The highest BCUT2D eigenvalue weighted by Crippen LogP contribution is 2.43. The van der Waals surface area contributed by atoms with Gasteiger partial charge in [0.1, 0.15) is 34.8 Å². The van der Waals surface area contributed by atoms with Crippen LogP contribution in [0.25, 0.3) is 22.3 Å². The van der Waals surface area contributed by atoms with Crippen molar-refractivity contribution in [2.24, 2.45) is 11.8 Å². The number of nitrogens with one attached hydrogen (secondary N) is 2. The number of methoxy groups -OCH3 is 4. The third-order valence-corrected chi connectivity index (χ3v) is 15.8. The molecule has 0 radical (unpaired) electrons. The molecule has 4 N–H and O–H groups in total. The van der Waals surface area contributed by atoms with Gasteiger partial charge in [-0.1, -0.05) is 99.2 Å². The first kappa shape index (κ1) is 48.5. The van der Waals surface area contributed by atoms with Gasteiger partial charge in [-0.3, -0.25) is 5.41 Å². The minimum Gasteiger partial charge on any atom is -0.497 e. The van der Waals surface area contributed by atoms with Crippen molar-refractivity contribution in [3.8, 4) is 23.0 Å². The number of nitrogens with zero attached hydrogens (tertiary/aromatic N) is 7. The average Bonchev–Trinajstić information content (AvgIpc) is 4.01. The molecule has 4 aromatic heterocycles. The lowest BCUT2D eigenvalue weighted by atomic mass is 9.76. The highest BCUT2D eigenvalue weighted by molar-refractivity contribution is 7.99. The van der Waals surface area contributed by atoms with E-state index in [1.165, 1.54) is 105 Å². The van der Waals surface area contributed by atoms with E-state index < -0.39 is 0 Å². The van der Waals surface area contributed by atoms with Gasteiger partial charge in [0.2, 0.25) is 0 Å². The van der Waals surface area contributed by atoms with Gasteiger partial charge in [0.15, 0.2) is 38.4 Å². The minimum absolute atomic E-state index is 0.196. The molecule has 2 atom stereocenters. The van der Waals surface area contributed by atoms with Crippen molar-refractivity contribution < 1.29 is 18.9 Å². The molecular formula is C54H62N10O4S2. The second-order valence-electron chi connectivity index (χ2n) is 18.0. The van der Waals surface area contributed by atoms with E-state index in [-0.39, 0.29) is 5.49 Å². The van der Waals surface area contributed by atoms with E-state index in [2.05, 4.69) is 89.7 Å². The number of ether oxygens (including phenoxy) is 4. The summed E-state index contributed by atoms with van der Waals surface area (Å²) in [6, 6.07) is 33.1. The van der Waals surface area contributed by atoms with Crippen LogP contribution in [-0.4, -0.2) is 67.5 Å². The molecule has 10 rings (SSSR count). The SMILES string of the molecule is COc1ccc(OC)c(Sc2nc3c(N)ncnc3n2CC(c2ccccc2)C2CCCCC2)c1.COc1ccc(OC)c(Sc2nc3c([nH]2)c(=N)ncn3CC(c2ccccc2)C2CCCCC2)c1. The van der Waals surface area contributed by atoms with Crippen LogP contribution in [0, 0.1) is 17.2 Å². The molecule has 8 aromatic rings. The molecule has 0 amide bonds. The Kier molecular flexibility index (Phi) is 15.9. The van der Waals surface area contributed by atoms with Crippen LogP contribution in [0.1, 0.15) is 87.2 Å². The van der Waals surface area contributed by atoms with E-state index in [0.717, 1.165) is 62.3 Å². The Bertz CT molecular complexity index is 3040. The smallest absolute Gasteiger partial charge is 0.175 e. The lowest BCUT2D eigenvalue weighted by molar-refractivity contribution is 0.281. The second kappa shape index (κ2) is 22.9. The van der Waals surface area contributed by atoms with Gasteiger partial charge in [0.05, 0.1) is 44.6 Å². The Morgan fingerprint density at radius 1 is 0.643 bits per heavy atom. The summed E-state index contributed by atoms with van der Waals surface area (Å²) in [5.41, 5.74) is 12.0. The topological polar surface area (TPSA) is 177 Å². The van der Waals surface area contributed by atoms with Gasteiger partial charge in [0.25, 0.3) is 0 Å². The van der Waals surface area contributed by atoms with Gasteiger partial charge in [0, 0.05) is 24.9 Å². The van der Waals surface area contributed by atoms with E-state index in [9.17, 15) is 0 Å². The largest absolute Gasteiger partial charge is 0.497 e. The fraction of sp³-hybridized carbons (Fsp3) is 0.370.